The number of carbonyl (C=O) groups excluding carboxylic acids is 1. The molecule has 2 fully saturated rings. The van der Waals surface area contributed by atoms with E-state index in [-0.39, 0.29) is 18.1 Å². The van der Waals surface area contributed by atoms with Crippen LogP contribution >= 0.6 is 0 Å². The van der Waals surface area contributed by atoms with Crippen molar-refractivity contribution < 1.29 is 19.0 Å². The molecule has 0 bridgehead atoms. The van der Waals surface area contributed by atoms with E-state index in [1.54, 1.807) is 7.11 Å². The third-order valence-corrected chi connectivity index (χ3v) is 7.40. The average Bonchev–Trinajstić information content (AvgIpc) is 2.99. The molecule has 1 unspecified atom stereocenters. The molecule has 2 aliphatic heterocycles. The van der Waals surface area contributed by atoms with Crippen LogP contribution in [0.2, 0.25) is 0 Å². The van der Waals surface area contributed by atoms with Crippen molar-refractivity contribution in [2.45, 2.75) is 31.5 Å². The predicted molar refractivity (Wildman–Crippen MR) is 152 cm³/mol. The summed E-state index contributed by atoms with van der Waals surface area (Å²) >= 11 is 0. The number of pyridine rings is 1. The van der Waals surface area contributed by atoms with Crippen LogP contribution in [0.4, 0.5) is 5.82 Å². The highest BCUT2D eigenvalue weighted by Crippen LogP contribution is 2.31. The van der Waals surface area contributed by atoms with Gasteiger partial charge in [0, 0.05) is 44.8 Å². The molecule has 1 atom stereocenters. The second-order valence-electron chi connectivity index (χ2n) is 10.2. The Hall–Kier alpha value is -3.46. The number of para-hydroxylation sites is 1. The number of likely N-dealkylation sites (N-methyl/N-ethyl adjacent to an activating group) is 1. The van der Waals surface area contributed by atoms with Crippen LogP contribution in [0.3, 0.4) is 0 Å². The molecule has 2 aromatic carbocycles. The Morgan fingerprint density at radius 3 is 2.56 bits per heavy atom. The molecule has 2 saturated heterocycles. The second kappa shape index (κ2) is 13.1. The minimum absolute atomic E-state index is 0.0784. The molecule has 1 amide bonds. The van der Waals surface area contributed by atoms with Gasteiger partial charge < -0.3 is 24.4 Å². The molecule has 5 rings (SSSR count). The Kier molecular flexibility index (Phi) is 9.08. The van der Waals surface area contributed by atoms with Gasteiger partial charge in [0.05, 0.1) is 44.3 Å². The van der Waals surface area contributed by atoms with Gasteiger partial charge in [0.1, 0.15) is 11.6 Å². The van der Waals surface area contributed by atoms with E-state index in [9.17, 15) is 4.79 Å². The number of hydrogen-bond acceptors (Lipinski definition) is 7. The number of nitrogens with zero attached hydrogens (tertiary/aromatic N) is 3. The largest absolute Gasteiger partial charge is 0.496 e. The number of amides is 1. The van der Waals surface area contributed by atoms with Gasteiger partial charge in [0.25, 0.3) is 5.91 Å². The minimum Gasteiger partial charge on any atom is -0.496 e. The Morgan fingerprint density at radius 2 is 1.82 bits per heavy atom. The molecule has 0 spiro atoms. The molecule has 3 heterocycles. The number of likely N-dealkylation sites (tertiary alicyclic amines) is 1. The zero-order valence-corrected chi connectivity index (χ0v) is 22.8. The SMILES string of the molecule is COc1ccccc1-c1ccc(C(=O)NC2CCN(Cc3ccccc3)CC2)c(N(C)CC2COCCO2)n1. The molecule has 0 radical (unpaired) electrons. The van der Waals surface area contributed by atoms with Crippen LogP contribution in [0, 0.1) is 0 Å². The van der Waals surface area contributed by atoms with Gasteiger partial charge in [-0.25, -0.2) is 4.98 Å². The fourth-order valence-corrected chi connectivity index (χ4v) is 5.30. The summed E-state index contributed by atoms with van der Waals surface area (Å²) in [4.78, 5) is 23.0. The summed E-state index contributed by atoms with van der Waals surface area (Å²) in [6.45, 7) is 5.13. The second-order valence-corrected chi connectivity index (χ2v) is 10.2. The van der Waals surface area contributed by atoms with E-state index < -0.39 is 0 Å². The maximum absolute atomic E-state index is 13.6. The normalized spacial score (nSPS) is 18.5. The van der Waals surface area contributed by atoms with Crippen molar-refractivity contribution >= 4 is 11.7 Å². The predicted octanol–water partition coefficient (Wildman–Crippen LogP) is 4.00. The van der Waals surface area contributed by atoms with Crippen LogP contribution in [-0.2, 0) is 16.0 Å². The maximum atomic E-state index is 13.6. The monoisotopic (exact) mass is 530 g/mol. The number of rotatable bonds is 9. The van der Waals surface area contributed by atoms with Crippen molar-refractivity contribution in [3.63, 3.8) is 0 Å². The zero-order chi connectivity index (χ0) is 27.0. The maximum Gasteiger partial charge on any atom is 0.255 e. The lowest BCUT2D eigenvalue weighted by molar-refractivity contribution is -0.0837. The van der Waals surface area contributed by atoms with Gasteiger partial charge in [-0.15, -0.1) is 0 Å². The number of ether oxygens (including phenoxy) is 3. The van der Waals surface area contributed by atoms with Crippen LogP contribution in [-0.4, -0.2) is 81.5 Å². The van der Waals surface area contributed by atoms with E-state index in [2.05, 4.69) is 34.5 Å². The summed E-state index contributed by atoms with van der Waals surface area (Å²) < 4.78 is 17.0. The van der Waals surface area contributed by atoms with Crippen molar-refractivity contribution in [1.82, 2.24) is 15.2 Å². The van der Waals surface area contributed by atoms with E-state index in [1.165, 1.54) is 5.56 Å². The smallest absolute Gasteiger partial charge is 0.255 e. The third-order valence-electron chi connectivity index (χ3n) is 7.40. The summed E-state index contributed by atoms with van der Waals surface area (Å²) in [5, 5.41) is 3.29. The van der Waals surface area contributed by atoms with Gasteiger partial charge in [-0.05, 0) is 42.7 Å². The lowest BCUT2D eigenvalue weighted by atomic mass is 10.0. The fraction of sp³-hybridized carbons (Fsp3) is 0.419. The first-order chi connectivity index (χ1) is 19.1. The molecule has 2 aliphatic rings. The van der Waals surface area contributed by atoms with Gasteiger partial charge in [0.2, 0.25) is 0 Å². The van der Waals surface area contributed by atoms with Crippen molar-refractivity contribution in [3.8, 4) is 17.0 Å². The number of aromatic nitrogens is 1. The average molecular weight is 531 g/mol. The van der Waals surface area contributed by atoms with Crippen molar-refractivity contribution in [2.24, 2.45) is 0 Å². The molecule has 0 saturated carbocycles. The highest BCUT2D eigenvalue weighted by atomic mass is 16.6. The highest BCUT2D eigenvalue weighted by Gasteiger charge is 2.26. The number of anilines is 1. The minimum atomic E-state index is -0.0988. The third kappa shape index (κ3) is 6.95. The summed E-state index contributed by atoms with van der Waals surface area (Å²) in [6, 6.07) is 22.2. The fourth-order valence-electron chi connectivity index (χ4n) is 5.30. The summed E-state index contributed by atoms with van der Waals surface area (Å²) in [6.07, 6.45) is 1.76. The lowest BCUT2D eigenvalue weighted by Gasteiger charge is -2.33. The van der Waals surface area contributed by atoms with Crippen LogP contribution in [0.1, 0.15) is 28.8 Å². The molecule has 206 valence electrons. The number of hydrogen-bond donors (Lipinski definition) is 1. The summed E-state index contributed by atoms with van der Waals surface area (Å²) in [5.74, 6) is 1.26. The molecular weight excluding hydrogens is 492 g/mol. The van der Waals surface area contributed by atoms with E-state index in [1.807, 2.05) is 54.4 Å². The number of benzene rings is 2. The molecular formula is C31H38N4O4. The van der Waals surface area contributed by atoms with Crippen LogP contribution in [0.15, 0.2) is 66.7 Å². The summed E-state index contributed by atoms with van der Waals surface area (Å²) in [7, 11) is 3.60. The molecule has 8 heteroatoms. The topological polar surface area (TPSA) is 76.2 Å². The first-order valence-electron chi connectivity index (χ1n) is 13.7. The van der Waals surface area contributed by atoms with Crippen LogP contribution in [0.25, 0.3) is 11.3 Å². The number of piperidine rings is 1. The molecule has 3 aromatic rings. The van der Waals surface area contributed by atoms with Gasteiger partial charge in [0.15, 0.2) is 0 Å². The van der Waals surface area contributed by atoms with Crippen molar-refractivity contribution in [1.29, 1.82) is 0 Å². The van der Waals surface area contributed by atoms with E-state index >= 15 is 0 Å². The molecule has 0 aliphatic carbocycles. The van der Waals surface area contributed by atoms with Crippen molar-refractivity contribution in [3.05, 3.63) is 77.9 Å². The van der Waals surface area contributed by atoms with E-state index in [4.69, 9.17) is 19.2 Å². The van der Waals surface area contributed by atoms with Crippen LogP contribution < -0.4 is 15.0 Å². The quantitative estimate of drug-likeness (QED) is 0.448. The van der Waals surface area contributed by atoms with Gasteiger partial charge >= 0.3 is 0 Å². The first-order valence-corrected chi connectivity index (χ1v) is 13.7. The number of methoxy groups -OCH3 is 1. The Balaban J connectivity index is 1.31. The number of carbonyl (C=O) groups is 1. The lowest BCUT2D eigenvalue weighted by Crippen LogP contribution is -2.45. The first kappa shape index (κ1) is 27.1. The molecule has 8 nitrogen and oxygen atoms in total. The molecule has 1 aromatic heterocycles. The van der Waals surface area contributed by atoms with E-state index in [0.29, 0.717) is 37.7 Å². The standard InChI is InChI=1S/C31H38N4O4/c1-34(21-25-22-38-18-19-39-25)30-27(12-13-28(33-30)26-10-6-7-11-29(26)37-2)31(36)32-24-14-16-35(17-15-24)20-23-8-4-3-5-9-23/h3-13,24-25H,14-22H2,1-2H3,(H,32,36). The summed E-state index contributed by atoms with van der Waals surface area (Å²) in [5.41, 5.74) is 3.51. The Morgan fingerprint density at radius 1 is 1.05 bits per heavy atom. The Bertz CT molecular complexity index is 1220. The van der Waals surface area contributed by atoms with Gasteiger partial charge in [-0.3, -0.25) is 9.69 Å². The van der Waals surface area contributed by atoms with Crippen LogP contribution in [0.5, 0.6) is 5.75 Å². The van der Waals surface area contributed by atoms with E-state index in [0.717, 1.165) is 49.5 Å². The van der Waals surface area contributed by atoms with Gasteiger partial charge in [-0.1, -0.05) is 42.5 Å². The van der Waals surface area contributed by atoms with Gasteiger partial charge in [-0.2, -0.15) is 0 Å². The molecule has 1 N–H and O–H groups in total. The van der Waals surface area contributed by atoms with Crippen molar-refractivity contribution in [2.75, 3.05) is 58.5 Å². The highest BCUT2D eigenvalue weighted by molar-refractivity contribution is 5.99. The molecule has 39 heavy (non-hydrogen) atoms. The Labute approximate surface area is 230 Å². The number of nitrogens with one attached hydrogen (secondary N) is 1. The zero-order valence-electron chi connectivity index (χ0n) is 22.8.